The topological polar surface area (TPSA) is 27.1 Å². The van der Waals surface area contributed by atoms with Gasteiger partial charge in [-0.1, -0.05) is 0 Å². The maximum atomic E-state index is 13.7. The normalized spacial score (nSPS) is 15.1. The van der Waals surface area contributed by atoms with E-state index < -0.39 is 0 Å². The molecular weight excluding hydrogens is 263 g/mol. The molecule has 0 unspecified atom stereocenters. The van der Waals surface area contributed by atoms with E-state index in [1.807, 2.05) is 4.57 Å². The van der Waals surface area contributed by atoms with Crippen molar-refractivity contribution in [3.63, 3.8) is 0 Å². The number of ether oxygens (including phenoxy) is 1. The van der Waals surface area contributed by atoms with Crippen molar-refractivity contribution in [2.45, 2.75) is 13.0 Å². The molecule has 78 valence electrons. The third-order valence-electron chi connectivity index (χ3n) is 2.55. The number of aromatic nitrogens is 2. The zero-order chi connectivity index (χ0) is 10.4. The molecule has 0 atom stereocenters. The average Bonchev–Trinajstić information content (AvgIpc) is 2.54. The lowest BCUT2D eigenvalue weighted by Crippen LogP contribution is -1.97. The zero-order valence-electron chi connectivity index (χ0n) is 7.83. The van der Waals surface area contributed by atoms with Crippen LogP contribution in [0.25, 0.3) is 11.0 Å². The van der Waals surface area contributed by atoms with E-state index in [1.54, 1.807) is 12.4 Å². The summed E-state index contributed by atoms with van der Waals surface area (Å²) in [5.41, 5.74) is 1.13. The van der Waals surface area contributed by atoms with Gasteiger partial charge >= 0.3 is 0 Å². The molecule has 0 fully saturated rings. The monoisotopic (exact) mass is 270 g/mol. The highest BCUT2D eigenvalue weighted by atomic mass is 79.9. The number of benzene rings is 1. The van der Waals surface area contributed by atoms with Gasteiger partial charge in [-0.25, -0.2) is 9.37 Å². The fourth-order valence-electron chi connectivity index (χ4n) is 1.86. The van der Waals surface area contributed by atoms with Gasteiger partial charge in [0.2, 0.25) is 0 Å². The first-order valence-electron chi connectivity index (χ1n) is 4.73. The molecule has 0 amide bonds. The molecule has 2 heterocycles. The summed E-state index contributed by atoms with van der Waals surface area (Å²) in [6.45, 7) is 1.49. The summed E-state index contributed by atoms with van der Waals surface area (Å²) in [5, 5.41) is 0. The molecule has 2 aromatic rings. The summed E-state index contributed by atoms with van der Waals surface area (Å²) in [5.74, 6) is 0.381. The summed E-state index contributed by atoms with van der Waals surface area (Å²) >= 11 is 3.16. The summed E-state index contributed by atoms with van der Waals surface area (Å²) in [4.78, 5) is 4.07. The van der Waals surface area contributed by atoms with Crippen LogP contribution in [-0.2, 0) is 6.54 Å². The van der Waals surface area contributed by atoms with Crippen LogP contribution in [0.1, 0.15) is 6.42 Å². The minimum atomic E-state index is -0.321. The fraction of sp³-hybridized carbons (Fsp3) is 0.300. The first kappa shape index (κ1) is 9.15. The molecule has 0 radical (unpaired) electrons. The zero-order valence-corrected chi connectivity index (χ0v) is 9.42. The molecule has 1 aliphatic rings. The first-order valence-corrected chi connectivity index (χ1v) is 5.52. The lowest BCUT2D eigenvalue weighted by Gasteiger charge is -2.05. The molecule has 0 saturated carbocycles. The Bertz CT molecular complexity index is 538. The number of hydrogen-bond donors (Lipinski definition) is 0. The fourth-order valence-corrected chi connectivity index (χ4v) is 2.25. The Kier molecular flexibility index (Phi) is 1.95. The van der Waals surface area contributed by atoms with Gasteiger partial charge in [0.05, 0.1) is 17.4 Å². The van der Waals surface area contributed by atoms with Crippen LogP contribution >= 0.6 is 15.9 Å². The van der Waals surface area contributed by atoms with Crippen molar-refractivity contribution < 1.29 is 9.13 Å². The number of aryl methyl sites for hydroxylation is 1. The van der Waals surface area contributed by atoms with E-state index in [1.165, 1.54) is 0 Å². The van der Waals surface area contributed by atoms with E-state index in [-0.39, 0.29) is 5.82 Å². The second-order valence-electron chi connectivity index (χ2n) is 3.51. The summed E-state index contributed by atoms with van der Waals surface area (Å²) in [6, 6.07) is 1.67. The molecule has 15 heavy (non-hydrogen) atoms. The van der Waals surface area contributed by atoms with Crippen molar-refractivity contribution in [3.8, 4) is 5.75 Å². The summed E-state index contributed by atoms with van der Waals surface area (Å²) < 4.78 is 21.6. The van der Waals surface area contributed by atoms with Gasteiger partial charge in [-0.3, -0.25) is 0 Å². The number of halogens is 2. The van der Waals surface area contributed by atoms with Gasteiger partial charge in [0.25, 0.3) is 0 Å². The highest BCUT2D eigenvalue weighted by Crippen LogP contribution is 2.34. The number of hydrogen-bond acceptors (Lipinski definition) is 2. The Labute approximate surface area is 94.0 Å². The van der Waals surface area contributed by atoms with E-state index in [2.05, 4.69) is 20.9 Å². The molecule has 3 nitrogen and oxygen atoms in total. The van der Waals surface area contributed by atoms with Crippen LogP contribution in [0, 0.1) is 5.82 Å². The lowest BCUT2D eigenvalue weighted by molar-refractivity contribution is 0.315. The predicted octanol–water partition coefficient (Wildman–Crippen LogP) is 2.72. The van der Waals surface area contributed by atoms with Crippen molar-refractivity contribution >= 4 is 27.0 Å². The van der Waals surface area contributed by atoms with Gasteiger partial charge < -0.3 is 9.30 Å². The van der Waals surface area contributed by atoms with Crippen molar-refractivity contribution in [2.75, 3.05) is 6.61 Å². The second kappa shape index (κ2) is 3.20. The van der Waals surface area contributed by atoms with Crippen molar-refractivity contribution in [2.24, 2.45) is 0 Å². The van der Waals surface area contributed by atoms with Crippen LogP contribution in [0.2, 0.25) is 0 Å². The van der Waals surface area contributed by atoms with Crippen LogP contribution in [0.5, 0.6) is 5.75 Å². The Morgan fingerprint density at radius 3 is 3.27 bits per heavy atom. The molecular formula is C10H8BrFN2O. The molecule has 1 aromatic carbocycles. The number of rotatable bonds is 0. The third-order valence-corrected chi connectivity index (χ3v) is 3.12. The molecule has 3 rings (SSSR count). The van der Waals surface area contributed by atoms with Crippen molar-refractivity contribution in [1.82, 2.24) is 9.55 Å². The highest BCUT2D eigenvalue weighted by molar-refractivity contribution is 9.10. The highest BCUT2D eigenvalue weighted by Gasteiger charge is 2.18. The van der Waals surface area contributed by atoms with Crippen LogP contribution in [0.4, 0.5) is 4.39 Å². The van der Waals surface area contributed by atoms with Crippen LogP contribution < -0.4 is 4.74 Å². The van der Waals surface area contributed by atoms with Crippen LogP contribution in [0.15, 0.2) is 16.9 Å². The number of nitrogens with zero attached hydrogens (tertiary/aromatic N) is 2. The van der Waals surface area contributed by atoms with Crippen molar-refractivity contribution in [3.05, 3.63) is 22.7 Å². The van der Waals surface area contributed by atoms with E-state index in [0.29, 0.717) is 22.3 Å². The molecule has 0 aliphatic carbocycles. The van der Waals surface area contributed by atoms with Crippen molar-refractivity contribution in [1.29, 1.82) is 0 Å². The Hall–Kier alpha value is -1.10. The largest absolute Gasteiger partial charge is 0.491 e. The van der Waals surface area contributed by atoms with Gasteiger partial charge in [-0.05, 0) is 28.4 Å². The lowest BCUT2D eigenvalue weighted by atomic mass is 10.3. The Morgan fingerprint density at radius 2 is 2.40 bits per heavy atom. The molecule has 1 aromatic heterocycles. The van der Waals surface area contributed by atoms with Gasteiger partial charge in [0, 0.05) is 6.54 Å². The predicted molar refractivity (Wildman–Crippen MR) is 57.5 cm³/mol. The van der Waals surface area contributed by atoms with Gasteiger partial charge in [-0.15, -0.1) is 0 Å². The van der Waals surface area contributed by atoms with Gasteiger partial charge in [0.1, 0.15) is 16.8 Å². The Balaban J connectivity index is 2.43. The van der Waals surface area contributed by atoms with E-state index in [9.17, 15) is 4.39 Å². The van der Waals surface area contributed by atoms with E-state index in [0.717, 1.165) is 18.5 Å². The number of imidazole rings is 1. The SMILES string of the molecule is Fc1c(Br)cc2c3c1ncn3CCCO2. The summed E-state index contributed by atoms with van der Waals surface area (Å²) in [7, 11) is 0. The molecule has 0 spiro atoms. The standard InChI is InChI=1S/C10H8BrFN2O/c11-6-4-7-10-9(8(6)12)13-5-14(10)2-1-3-15-7/h4-5H,1-3H2. The summed E-state index contributed by atoms with van der Waals surface area (Å²) in [6.07, 6.45) is 2.58. The quantitative estimate of drug-likeness (QED) is 0.736. The molecule has 1 aliphatic heterocycles. The van der Waals surface area contributed by atoms with Crippen LogP contribution in [-0.4, -0.2) is 16.2 Å². The minimum Gasteiger partial charge on any atom is -0.491 e. The van der Waals surface area contributed by atoms with Gasteiger partial charge in [0.15, 0.2) is 5.82 Å². The molecule has 0 N–H and O–H groups in total. The minimum absolute atomic E-state index is 0.321. The third kappa shape index (κ3) is 1.26. The molecule has 0 bridgehead atoms. The maximum Gasteiger partial charge on any atom is 0.165 e. The van der Waals surface area contributed by atoms with E-state index in [4.69, 9.17) is 4.74 Å². The second-order valence-corrected chi connectivity index (χ2v) is 4.36. The smallest absolute Gasteiger partial charge is 0.165 e. The maximum absolute atomic E-state index is 13.7. The van der Waals surface area contributed by atoms with Crippen LogP contribution in [0.3, 0.4) is 0 Å². The van der Waals surface area contributed by atoms with Gasteiger partial charge in [-0.2, -0.15) is 0 Å². The average molecular weight is 271 g/mol. The first-order chi connectivity index (χ1) is 7.27. The molecule has 5 heteroatoms. The molecule has 0 saturated heterocycles. The Morgan fingerprint density at radius 1 is 1.53 bits per heavy atom. The van der Waals surface area contributed by atoms with E-state index >= 15 is 0 Å².